The topological polar surface area (TPSA) is 74.6 Å². The van der Waals surface area contributed by atoms with Crippen LogP contribution in [0.2, 0.25) is 0 Å². The number of carboxylic acid groups (broad SMARTS) is 2. The molecule has 5 heteroatoms. The molecule has 23 heavy (non-hydrogen) atoms. The number of aliphatic carboxylic acids is 2. The summed E-state index contributed by atoms with van der Waals surface area (Å²) in [7, 11) is 0. The van der Waals surface area contributed by atoms with E-state index >= 15 is 0 Å². The molecule has 0 saturated carbocycles. The van der Waals surface area contributed by atoms with Crippen LogP contribution in [0, 0.1) is 5.92 Å². The summed E-state index contributed by atoms with van der Waals surface area (Å²) in [6.07, 6.45) is 5.11. The third kappa shape index (κ3) is 12.0. The van der Waals surface area contributed by atoms with Gasteiger partial charge in [0.25, 0.3) is 0 Å². The number of benzene rings is 1. The first kappa shape index (κ1) is 21.8. The van der Waals surface area contributed by atoms with Crippen molar-refractivity contribution in [2.45, 2.75) is 46.0 Å². The standard InChI is InChI=1S/C12H20O4.C6H5.Hg/c1-3-5-6-9(4-2)7-10(12(15)16)8-11(13)14;1-2-4-6-5-3-1;/h8-9H,3-7H2,1-2H3,(H,13,14)(H,15,16);1-5H;. The summed E-state index contributed by atoms with van der Waals surface area (Å²) >= 11 is 0.810. The number of hydrogen-bond donors (Lipinski definition) is 2. The van der Waals surface area contributed by atoms with Gasteiger partial charge in [-0.1, -0.05) is 39.5 Å². The van der Waals surface area contributed by atoms with E-state index in [9.17, 15) is 9.59 Å². The zero-order valence-electron chi connectivity index (χ0n) is 14.0. The van der Waals surface area contributed by atoms with Gasteiger partial charge in [-0.25, -0.2) is 9.59 Å². The number of carboxylic acids is 2. The van der Waals surface area contributed by atoms with Crippen molar-refractivity contribution in [1.29, 1.82) is 0 Å². The Hall–Kier alpha value is -1.16. The van der Waals surface area contributed by atoms with Gasteiger partial charge in [-0.05, 0) is 12.3 Å². The Bertz CT molecular complexity index is 497. The molecule has 0 aliphatic carbocycles. The molecule has 1 rings (SSSR count). The Morgan fingerprint density at radius 2 is 1.78 bits per heavy atom. The third-order valence-electron chi connectivity index (χ3n) is 3.47. The Labute approximate surface area is 154 Å². The van der Waals surface area contributed by atoms with E-state index in [-0.39, 0.29) is 11.5 Å². The molecule has 0 saturated heterocycles. The average Bonchev–Trinajstić information content (AvgIpc) is 2.51. The van der Waals surface area contributed by atoms with Gasteiger partial charge in [0.15, 0.2) is 0 Å². The quantitative estimate of drug-likeness (QED) is 0.418. The van der Waals surface area contributed by atoms with E-state index in [0.29, 0.717) is 6.42 Å². The van der Waals surface area contributed by atoms with Crippen molar-refractivity contribution >= 4 is 15.0 Å². The molecule has 1 unspecified atom stereocenters. The fourth-order valence-electron chi connectivity index (χ4n) is 2.09. The van der Waals surface area contributed by atoms with Crippen molar-refractivity contribution in [2.24, 2.45) is 5.92 Å². The first-order valence-electron chi connectivity index (χ1n) is 7.94. The van der Waals surface area contributed by atoms with Gasteiger partial charge in [-0.2, -0.15) is 0 Å². The van der Waals surface area contributed by atoms with E-state index in [4.69, 9.17) is 10.2 Å². The van der Waals surface area contributed by atoms with E-state index < -0.39 is 11.9 Å². The molecule has 123 valence electrons. The van der Waals surface area contributed by atoms with Crippen LogP contribution in [-0.2, 0) is 35.7 Å². The van der Waals surface area contributed by atoms with Gasteiger partial charge in [-0.3, -0.25) is 0 Å². The van der Waals surface area contributed by atoms with Crippen molar-refractivity contribution in [2.75, 3.05) is 0 Å². The molecule has 4 nitrogen and oxygen atoms in total. The Kier molecular flexibility index (Phi) is 12.6. The van der Waals surface area contributed by atoms with Gasteiger partial charge < -0.3 is 10.2 Å². The van der Waals surface area contributed by atoms with E-state index in [0.717, 1.165) is 57.9 Å². The van der Waals surface area contributed by atoms with Crippen molar-refractivity contribution in [3.05, 3.63) is 42.0 Å². The predicted molar refractivity (Wildman–Crippen MR) is 87.4 cm³/mol. The van der Waals surface area contributed by atoms with Crippen molar-refractivity contribution < 1.29 is 45.9 Å². The van der Waals surface area contributed by atoms with Crippen LogP contribution in [0.3, 0.4) is 0 Å². The Morgan fingerprint density at radius 3 is 2.13 bits per heavy atom. The molecular formula is C18H25HgO4. The number of hydrogen-bond acceptors (Lipinski definition) is 2. The number of carbonyl (C=O) groups is 2. The van der Waals surface area contributed by atoms with E-state index in [2.05, 4.69) is 37.3 Å². The SMILES string of the molecule is CCCCC(CC)CC(=CC(=O)O)C(=O)O.[Hg][c]1ccccc1. The van der Waals surface area contributed by atoms with Crippen molar-refractivity contribution in [1.82, 2.24) is 0 Å². The summed E-state index contributed by atoms with van der Waals surface area (Å²) in [6.45, 7) is 4.08. The van der Waals surface area contributed by atoms with Crippen LogP contribution in [0.1, 0.15) is 46.0 Å². The zero-order valence-corrected chi connectivity index (χ0v) is 19.5. The molecule has 0 heterocycles. The van der Waals surface area contributed by atoms with Crippen LogP contribution >= 0.6 is 0 Å². The van der Waals surface area contributed by atoms with E-state index in [1.165, 1.54) is 3.07 Å². The van der Waals surface area contributed by atoms with Gasteiger partial charge in [0.05, 0.1) is 0 Å². The molecule has 0 aromatic heterocycles. The molecule has 0 aliphatic rings. The fraction of sp³-hybridized carbons (Fsp3) is 0.444. The molecule has 1 aromatic rings. The molecule has 0 amide bonds. The average molecular weight is 506 g/mol. The van der Waals surface area contributed by atoms with Gasteiger partial charge >= 0.3 is 71.5 Å². The second-order valence-corrected chi connectivity index (χ2v) is 8.59. The van der Waals surface area contributed by atoms with Crippen LogP contribution in [0.4, 0.5) is 0 Å². The Morgan fingerprint density at radius 1 is 1.17 bits per heavy atom. The van der Waals surface area contributed by atoms with Gasteiger partial charge in [0.1, 0.15) is 0 Å². The van der Waals surface area contributed by atoms with Crippen LogP contribution in [0.25, 0.3) is 0 Å². The van der Waals surface area contributed by atoms with E-state index in [1.54, 1.807) is 0 Å². The molecule has 1 atom stereocenters. The van der Waals surface area contributed by atoms with Gasteiger partial charge in [0.2, 0.25) is 0 Å². The minimum absolute atomic E-state index is 0.00421. The molecule has 0 radical (unpaired) electrons. The summed E-state index contributed by atoms with van der Waals surface area (Å²) in [5.74, 6) is -2.05. The molecule has 0 spiro atoms. The van der Waals surface area contributed by atoms with E-state index in [1.807, 2.05) is 6.92 Å². The van der Waals surface area contributed by atoms with Crippen LogP contribution in [0.5, 0.6) is 0 Å². The number of unbranched alkanes of at least 4 members (excludes halogenated alkanes) is 1. The summed E-state index contributed by atoms with van der Waals surface area (Å²) in [5.41, 5.74) is -0.00421. The third-order valence-corrected chi connectivity index (χ3v) is 5.30. The predicted octanol–water partition coefficient (Wildman–Crippen LogP) is 3.55. The molecule has 0 fully saturated rings. The van der Waals surface area contributed by atoms with Crippen LogP contribution < -0.4 is 3.07 Å². The number of rotatable bonds is 8. The zero-order chi connectivity index (χ0) is 17.7. The molecule has 2 N–H and O–H groups in total. The summed E-state index contributed by atoms with van der Waals surface area (Å²) in [6, 6.07) is 10.6. The minimum atomic E-state index is -1.19. The first-order valence-corrected chi connectivity index (χ1v) is 10.7. The summed E-state index contributed by atoms with van der Waals surface area (Å²) < 4.78 is 1.52. The molecule has 0 aliphatic heterocycles. The van der Waals surface area contributed by atoms with Crippen LogP contribution in [0.15, 0.2) is 42.0 Å². The maximum absolute atomic E-state index is 10.8. The second-order valence-electron chi connectivity index (χ2n) is 5.42. The Balaban J connectivity index is 0.000000568. The molecular weight excluding hydrogens is 481 g/mol. The second kappa shape index (κ2) is 13.3. The fourth-order valence-corrected chi connectivity index (χ4v) is 3.15. The van der Waals surface area contributed by atoms with Crippen molar-refractivity contribution in [3.8, 4) is 0 Å². The molecule has 0 bridgehead atoms. The van der Waals surface area contributed by atoms with Crippen molar-refractivity contribution in [3.63, 3.8) is 0 Å². The van der Waals surface area contributed by atoms with Gasteiger partial charge in [0, 0.05) is 11.6 Å². The maximum atomic E-state index is 10.8. The summed E-state index contributed by atoms with van der Waals surface area (Å²) in [5, 5.41) is 17.4. The first-order chi connectivity index (χ1) is 10.9. The monoisotopic (exact) mass is 507 g/mol. The molecule has 1 aromatic carbocycles. The van der Waals surface area contributed by atoms with Crippen LogP contribution in [-0.4, -0.2) is 22.2 Å². The summed E-state index contributed by atoms with van der Waals surface area (Å²) in [4.78, 5) is 21.3. The normalized spacial score (nSPS) is 12.1. The van der Waals surface area contributed by atoms with Gasteiger partial charge in [-0.15, -0.1) is 0 Å².